The van der Waals surface area contributed by atoms with E-state index in [9.17, 15) is 37.8 Å². The molecule has 3 fully saturated rings. The first-order chi connectivity index (χ1) is 27.9. The maximum absolute atomic E-state index is 13.4. The molecule has 0 radical (unpaired) electrons. The van der Waals surface area contributed by atoms with Gasteiger partial charge in [-0.05, 0) is 61.6 Å². The normalized spacial score (nSPS) is 22.3. The molecule has 3 aliphatic heterocycles. The van der Waals surface area contributed by atoms with Crippen LogP contribution in [0.4, 0.5) is 10.5 Å². The van der Waals surface area contributed by atoms with Gasteiger partial charge < -0.3 is 46.7 Å². The fraction of sp³-hybridized carbons (Fsp3) is 0.463. The van der Waals surface area contributed by atoms with E-state index in [4.69, 9.17) is 20.9 Å². The van der Waals surface area contributed by atoms with Gasteiger partial charge in [0, 0.05) is 29.9 Å². The van der Waals surface area contributed by atoms with Gasteiger partial charge in [-0.2, -0.15) is 4.31 Å². The second-order valence-corrected chi connectivity index (χ2v) is 19.4. The van der Waals surface area contributed by atoms with Crippen LogP contribution < -0.4 is 22.1 Å². The molecule has 0 spiro atoms. The van der Waals surface area contributed by atoms with Crippen LogP contribution in [0.2, 0.25) is 0 Å². The van der Waals surface area contributed by atoms with Crippen LogP contribution in [0, 0.1) is 5.92 Å². The highest BCUT2D eigenvalue weighted by Crippen LogP contribution is 2.50. The Morgan fingerprint density at radius 3 is 2.22 bits per heavy atom. The van der Waals surface area contributed by atoms with Crippen molar-refractivity contribution in [3.8, 4) is 0 Å². The number of fused-ring (bicyclic) bond motifs is 1. The van der Waals surface area contributed by atoms with E-state index in [0.29, 0.717) is 37.3 Å². The highest BCUT2D eigenvalue weighted by molar-refractivity contribution is 8.01. The Hall–Kier alpha value is -4.72. The molecule has 3 aliphatic rings. The van der Waals surface area contributed by atoms with Crippen LogP contribution in [0.25, 0.3) is 0 Å². The summed E-state index contributed by atoms with van der Waals surface area (Å²) in [6.45, 7) is 8.24. The number of benzene rings is 3. The minimum atomic E-state index is -3.90. The van der Waals surface area contributed by atoms with Gasteiger partial charge in [-0.3, -0.25) is 9.59 Å². The number of anilines is 1. The fourth-order valence-corrected chi connectivity index (χ4v) is 10.3. The van der Waals surface area contributed by atoms with Crippen molar-refractivity contribution >= 4 is 51.3 Å². The number of thioether (sulfide) groups is 1. The lowest BCUT2D eigenvalue weighted by atomic mass is 9.95. The lowest BCUT2D eigenvalue weighted by Gasteiger charge is -2.43. The number of β-lactam (4-membered cyclic amide) rings is 1. The van der Waals surface area contributed by atoms with Gasteiger partial charge in [0.25, 0.3) is 0 Å². The van der Waals surface area contributed by atoms with Gasteiger partial charge in [-0.25, -0.2) is 18.0 Å². The number of nitrogens with two attached hydrogens (primary N) is 2. The zero-order valence-corrected chi connectivity index (χ0v) is 35.1. The number of carboxylic acids is 1. The molecule has 18 heteroatoms. The van der Waals surface area contributed by atoms with Crippen LogP contribution >= 0.6 is 11.8 Å². The summed E-state index contributed by atoms with van der Waals surface area (Å²) in [6, 6.07) is 20.9. The van der Waals surface area contributed by atoms with Gasteiger partial charge in [-0.1, -0.05) is 74.5 Å². The third kappa shape index (κ3) is 11.3. The van der Waals surface area contributed by atoms with E-state index >= 15 is 0 Å². The molecular formula is C41H54N6O10S2. The number of amides is 3. The highest BCUT2D eigenvalue weighted by atomic mass is 32.2. The average molecular weight is 855 g/mol. The van der Waals surface area contributed by atoms with Gasteiger partial charge >= 0.3 is 12.1 Å². The number of nitrogen functional groups attached to an aromatic ring is 1. The number of aliphatic hydroxyl groups is 1. The van der Waals surface area contributed by atoms with E-state index in [1.165, 1.54) is 45.2 Å². The van der Waals surface area contributed by atoms with Crippen molar-refractivity contribution in [3.63, 3.8) is 0 Å². The van der Waals surface area contributed by atoms with Crippen molar-refractivity contribution in [1.29, 1.82) is 0 Å². The summed E-state index contributed by atoms with van der Waals surface area (Å²) >= 11 is 1.38. The maximum Gasteiger partial charge on any atom is 0.407 e. The van der Waals surface area contributed by atoms with Crippen molar-refractivity contribution in [2.75, 3.05) is 32.0 Å². The number of carbonyl (C=O) groups excluding carboxylic acids is 3. The topological polar surface area (TPSA) is 244 Å². The molecule has 3 amide bonds. The Kier molecular flexibility index (Phi) is 15.0. The molecule has 3 aromatic carbocycles. The molecule has 0 bridgehead atoms. The SMILES string of the molecule is CC(C)CN(C[C@@H](O)[C@H](Cc1ccccc1)NC(=O)O[C@H]1CCOC1)S(=O)(=O)c1ccc(N)cc1.CC1(C)S[C@@H]2[C@H](NC(=O)[C@H](N)c3ccccc3)C(=O)N2[C@H]1C(=O)O. The third-order valence-corrected chi connectivity index (χ3v) is 13.5. The molecule has 0 aromatic heterocycles. The van der Waals surface area contributed by atoms with Crippen LogP contribution in [0.5, 0.6) is 0 Å². The van der Waals surface area contributed by atoms with E-state index in [1.807, 2.05) is 50.2 Å². The Labute approximate surface area is 349 Å². The maximum atomic E-state index is 13.4. The van der Waals surface area contributed by atoms with Crippen LogP contribution in [-0.4, -0.2) is 118 Å². The number of aliphatic hydroxyl groups excluding tert-OH is 1. The van der Waals surface area contributed by atoms with Crippen molar-refractivity contribution < 1.29 is 47.3 Å². The number of ether oxygens (including phenoxy) is 2. The van der Waals surface area contributed by atoms with E-state index in [2.05, 4.69) is 10.6 Å². The Bertz CT molecular complexity index is 2020. The number of sulfonamides is 1. The monoisotopic (exact) mass is 854 g/mol. The lowest BCUT2D eigenvalue weighted by Crippen LogP contribution is -2.71. The molecule has 7 atom stereocenters. The van der Waals surface area contributed by atoms with Crippen LogP contribution in [0.15, 0.2) is 89.8 Å². The van der Waals surface area contributed by atoms with Crippen LogP contribution in [0.1, 0.15) is 51.3 Å². The van der Waals surface area contributed by atoms with Gasteiger partial charge in [0.05, 0.1) is 30.3 Å². The lowest BCUT2D eigenvalue weighted by molar-refractivity contribution is -0.161. The molecular weight excluding hydrogens is 801 g/mol. The summed E-state index contributed by atoms with van der Waals surface area (Å²) in [4.78, 5) is 50.1. The number of rotatable bonds is 15. The van der Waals surface area contributed by atoms with E-state index in [0.717, 1.165) is 5.56 Å². The van der Waals surface area contributed by atoms with Crippen molar-refractivity contribution in [1.82, 2.24) is 19.8 Å². The summed E-state index contributed by atoms with van der Waals surface area (Å²) < 4.78 is 38.1. The van der Waals surface area contributed by atoms with Gasteiger partial charge in [0.2, 0.25) is 21.8 Å². The molecule has 3 aromatic rings. The minimum absolute atomic E-state index is 0.0126. The first-order valence-electron chi connectivity index (χ1n) is 19.3. The Morgan fingerprint density at radius 1 is 1.02 bits per heavy atom. The molecule has 3 heterocycles. The number of carbonyl (C=O) groups is 4. The van der Waals surface area contributed by atoms with Crippen molar-refractivity contribution in [2.24, 2.45) is 11.7 Å². The molecule has 16 nitrogen and oxygen atoms in total. The summed E-state index contributed by atoms with van der Waals surface area (Å²) in [6.07, 6.45) is -1.29. The predicted octanol–water partition coefficient (Wildman–Crippen LogP) is 2.72. The smallest absolute Gasteiger partial charge is 0.407 e. The molecule has 3 saturated heterocycles. The molecule has 0 aliphatic carbocycles. The summed E-state index contributed by atoms with van der Waals surface area (Å²) in [5.74, 6) is -1.84. The summed E-state index contributed by atoms with van der Waals surface area (Å²) in [5, 5.41) is 25.6. The number of alkyl carbamates (subject to hydrolysis) is 1. The number of nitrogens with one attached hydrogen (secondary N) is 2. The zero-order chi connectivity index (χ0) is 43.1. The first kappa shape index (κ1) is 45.4. The van der Waals surface area contributed by atoms with Crippen molar-refractivity contribution in [3.05, 3.63) is 96.1 Å². The van der Waals surface area contributed by atoms with Crippen LogP contribution in [-0.2, 0) is 40.3 Å². The number of nitrogens with zero attached hydrogens (tertiary/aromatic N) is 2. The van der Waals surface area contributed by atoms with E-state index < -0.39 is 63.0 Å². The third-order valence-electron chi connectivity index (χ3n) is 10.1. The fourth-order valence-electron chi connectivity index (χ4n) is 7.10. The zero-order valence-electron chi connectivity index (χ0n) is 33.5. The van der Waals surface area contributed by atoms with Crippen molar-refractivity contribution in [2.45, 2.75) is 91.9 Å². The number of hydrogen-bond acceptors (Lipinski definition) is 12. The number of aliphatic carboxylic acids is 1. The van der Waals surface area contributed by atoms with Gasteiger partial charge in [0.1, 0.15) is 29.6 Å². The molecule has 320 valence electrons. The molecule has 0 saturated carbocycles. The minimum Gasteiger partial charge on any atom is -0.480 e. The Morgan fingerprint density at radius 2 is 1.64 bits per heavy atom. The van der Waals surface area contributed by atoms with E-state index in [1.54, 1.807) is 38.1 Å². The summed E-state index contributed by atoms with van der Waals surface area (Å²) in [5.41, 5.74) is 13.7. The number of hydrogen-bond donors (Lipinski definition) is 6. The largest absolute Gasteiger partial charge is 0.480 e. The summed E-state index contributed by atoms with van der Waals surface area (Å²) in [7, 11) is -3.90. The van der Waals surface area contributed by atoms with Gasteiger partial charge in [-0.15, -0.1) is 11.8 Å². The Balaban J connectivity index is 0.000000240. The number of carboxylic acid groups (broad SMARTS) is 1. The molecule has 6 rings (SSSR count). The standard InChI is InChI=1S/C25H35N3O6S.C16H19N3O4S/c1-18(2)15-28(35(31,32)22-10-8-20(26)9-11-22)16-24(29)23(14-19-6-4-3-5-7-19)27-25(30)34-21-12-13-33-17-21;1-16(2)11(15(22)23)19-13(21)10(14(19)24-16)18-12(20)9(17)8-6-4-3-5-7-8/h3-11,18,21,23-24,29H,12-17,26H2,1-2H3,(H,27,30);3-7,9-11,14H,17H2,1-2H3,(H,18,20)(H,22,23)/t21-,23-,24+;9-,10-,11+,14-/m01/s1. The molecule has 59 heavy (non-hydrogen) atoms. The molecule has 0 unspecified atom stereocenters. The van der Waals surface area contributed by atoms with Crippen LogP contribution in [0.3, 0.4) is 0 Å². The highest BCUT2D eigenvalue weighted by Gasteiger charge is 2.64. The van der Waals surface area contributed by atoms with E-state index in [-0.39, 0.29) is 41.3 Å². The predicted molar refractivity (Wildman–Crippen MR) is 222 cm³/mol. The quantitative estimate of drug-likeness (QED) is 0.0953. The van der Waals surface area contributed by atoms with Gasteiger partial charge in [0.15, 0.2) is 0 Å². The average Bonchev–Trinajstić information content (AvgIpc) is 3.80. The second kappa shape index (κ2) is 19.6. The first-order valence-corrected chi connectivity index (χ1v) is 21.7. The second-order valence-electron chi connectivity index (χ2n) is 15.7. The molecule has 8 N–H and O–H groups in total.